The average molecular weight is 366 g/mol. The van der Waals surface area contributed by atoms with E-state index < -0.39 is 0 Å². The highest BCUT2D eigenvalue weighted by Crippen LogP contribution is 2.21. The number of hydrogen-bond acceptors (Lipinski definition) is 3. The Morgan fingerprint density at radius 1 is 1.12 bits per heavy atom. The van der Waals surface area contributed by atoms with Crippen molar-refractivity contribution in [3.63, 3.8) is 0 Å². The first-order chi connectivity index (χ1) is 12.5. The highest BCUT2D eigenvalue weighted by Gasteiger charge is 2.04. The third-order valence-electron chi connectivity index (χ3n) is 3.48. The van der Waals surface area contributed by atoms with E-state index in [2.05, 4.69) is 17.2 Å². The number of hydrogen-bond donors (Lipinski definition) is 3. The first kappa shape index (κ1) is 19.4. The van der Waals surface area contributed by atoms with Gasteiger partial charge in [0.25, 0.3) is 0 Å². The van der Waals surface area contributed by atoms with Gasteiger partial charge in [0.1, 0.15) is 0 Å². The van der Waals surface area contributed by atoms with Gasteiger partial charge in [0.15, 0.2) is 0 Å². The number of carbonyl (C=O) groups is 1. The van der Waals surface area contributed by atoms with E-state index >= 15 is 0 Å². The van der Waals surface area contributed by atoms with E-state index in [-0.39, 0.29) is 6.03 Å². The lowest BCUT2D eigenvalue weighted by Gasteiger charge is -2.10. The van der Waals surface area contributed by atoms with E-state index in [9.17, 15) is 4.79 Å². The average Bonchev–Trinajstić information content (AvgIpc) is 2.61. The summed E-state index contributed by atoms with van der Waals surface area (Å²) in [6.45, 7) is 5.57. The second-order valence-electron chi connectivity index (χ2n) is 5.63. The number of carbonyl (C=O) groups excluding carboxylic acids is 1. The van der Waals surface area contributed by atoms with Gasteiger partial charge in [-0.05, 0) is 60.7 Å². The van der Waals surface area contributed by atoms with Gasteiger partial charge in [0, 0.05) is 22.0 Å². The van der Waals surface area contributed by atoms with Crippen LogP contribution >= 0.6 is 11.8 Å². The summed E-state index contributed by atoms with van der Waals surface area (Å²) in [5, 5.41) is 5.67. The number of urea groups is 1. The summed E-state index contributed by atoms with van der Waals surface area (Å²) in [4.78, 5) is 13.3. The molecule has 0 aliphatic carbocycles. The molecule has 0 bridgehead atoms. The van der Waals surface area contributed by atoms with Crippen LogP contribution in [0.2, 0.25) is 0 Å². The van der Waals surface area contributed by atoms with Gasteiger partial charge in [-0.25, -0.2) is 4.79 Å². The molecule has 0 saturated carbocycles. The molecule has 0 radical (unpaired) electrons. The molecule has 0 atom stereocenters. The van der Waals surface area contributed by atoms with Crippen LogP contribution in [-0.2, 0) is 0 Å². The van der Waals surface area contributed by atoms with Crippen LogP contribution in [0.4, 0.5) is 16.2 Å². The molecule has 2 amide bonds. The Balaban J connectivity index is 2.06. The molecule has 0 aliphatic rings. The molecule has 0 unspecified atom stereocenters. The van der Waals surface area contributed by atoms with Crippen molar-refractivity contribution in [3.8, 4) is 0 Å². The molecule has 2 rings (SSSR count). The third-order valence-corrected chi connectivity index (χ3v) is 4.21. The topological polar surface area (TPSA) is 67.1 Å². The maximum atomic E-state index is 12.2. The molecule has 134 valence electrons. The van der Waals surface area contributed by atoms with Crippen molar-refractivity contribution in [2.24, 2.45) is 5.73 Å². The fourth-order valence-corrected chi connectivity index (χ4v) is 2.80. The van der Waals surface area contributed by atoms with E-state index in [0.717, 1.165) is 21.7 Å². The van der Waals surface area contributed by atoms with Gasteiger partial charge in [0.2, 0.25) is 0 Å². The number of thioether (sulfide) groups is 1. The minimum atomic E-state index is -0.282. The molecule has 0 spiro atoms. The van der Waals surface area contributed by atoms with Crippen LogP contribution in [0.15, 0.2) is 83.9 Å². The number of benzene rings is 2. The molecule has 26 heavy (non-hydrogen) atoms. The Kier molecular flexibility index (Phi) is 7.12. The Hall–Kier alpha value is -2.92. The Morgan fingerprint density at radius 3 is 2.42 bits per heavy atom. The predicted octanol–water partition coefficient (Wildman–Crippen LogP) is 5.48. The fraction of sp³-hybridized carbons (Fsp3) is 0.0952. The number of nitrogens with one attached hydrogen (secondary N) is 2. The van der Waals surface area contributed by atoms with Crippen LogP contribution in [0.25, 0.3) is 5.57 Å². The van der Waals surface area contributed by atoms with Gasteiger partial charge in [-0.3, -0.25) is 0 Å². The van der Waals surface area contributed by atoms with Crippen LogP contribution in [-0.4, -0.2) is 12.3 Å². The molecule has 2 aromatic carbocycles. The van der Waals surface area contributed by atoms with E-state index in [1.54, 1.807) is 17.8 Å². The minimum Gasteiger partial charge on any atom is -0.402 e. The van der Waals surface area contributed by atoms with Gasteiger partial charge >= 0.3 is 6.03 Å². The SMILES string of the molecule is C=C/C=C(\C=C(\C)N)c1ccc(NC(=O)Nc2cccc(SC)c2)cc1. The van der Waals surface area contributed by atoms with Crippen molar-refractivity contribution in [2.45, 2.75) is 11.8 Å². The van der Waals surface area contributed by atoms with Gasteiger partial charge in [-0.1, -0.05) is 36.9 Å². The molecule has 0 aromatic heterocycles. The van der Waals surface area contributed by atoms with Crippen LogP contribution in [0.1, 0.15) is 12.5 Å². The summed E-state index contributed by atoms with van der Waals surface area (Å²) in [6.07, 6.45) is 7.49. The molecule has 0 saturated heterocycles. The molecular formula is C21H23N3OS. The molecule has 0 heterocycles. The molecule has 0 fully saturated rings. The zero-order valence-corrected chi connectivity index (χ0v) is 15.8. The molecule has 2 aromatic rings. The molecule has 0 aliphatic heterocycles. The number of rotatable bonds is 6. The van der Waals surface area contributed by atoms with Crippen molar-refractivity contribution in [1.82, 2.24) is 0 Å². The van der Waals surface area contributed by atoms with E-state index in [1.807, 2.05) is 73.9 Å². The first-order valence-electron chi connectivity index (χ1n) is 8.11. The molecule has 5 heteroatoms. The predicted molar refractivity (Wildman–Crippen MR) is 113 cm³/mol. The Bertz CT molecular complexity index is 835. The summed E-state index contributed by atoms with van der Waals surface area (Å²) < 4.78 is 0. The lowest BCUT2D eigenvalue weighted by atomic mass is 10.0. The highest BCUT2D eigenvalue weighted by atomic mass is 32.2. The molecular weight excluding hydrogens is 342 g/mol. The normalized spacial score (nSPS) is 11.8. The quantitative estimate of drug-likeness (QED) is 0.469. The first-order valence-corrected chi connectivity index (χ1v) is 9.33. The largest absolute Gasteiger partial charge is 0.402 e. The van der Waals surface area contributed by atoms with Crippen molar-refractivity contribution >= 4 is 34.7 Å². The number of anilines is 2. The van der Waals surface area contributed by atoms with Crippen LogP contribution in [0.3, 0.4) is 0 Å². The van der Waals surface area contributed by atoms with Crippen LogP contribution in [0, 0.1) is 0 Å². The highest BCUT2D eigenvalue weighted by molar-refractivity contribution is 7.98. The molecule has 4 N–H and O–H groups in total. The monoisotopic (exact) mass is 365 g/mol. The van der Waals surface area contributed by atoms with Crippen molar-refractivity contribution in [2.75, 3.05) is 16.9 Å². The number of nitrogens with two attached hydrogens (primary N) is 1. The fourth-order valence-electron chi connectivity index (χ4n) is 2.34. The van der Waals surface area contributed by atoms with E-state index in [4.69, 9.17) is 5.73 Å². The summed E-state index contributed by atoms with van der Waals surface area (Å²) in [5.74, 6) is 0. The smallest absolute Gasteiger partial charge is 0.323 e. The maximum absolute atomic E-state index is 12.2. The summed E-state index contributed by atoms with van der Waals surface area (Å²) >= 11 is 1.63. The Morgan fingerprint density at radius 2 is 1.81 bits per heavy atom. The minimum absolute atomic E-state index is 0.282. The second kappa shape index (κ2) is 9.53. The van der Waals surface area contributed by atoms with Gasteiger partial charge < -0.3 is 16.4 Å². The maximum Gasteiger partial charge on any atom is 0.323 e. The third kappa shape index (κ3) is 5.86. The number of allylic oxidation sites excluding steroid dienone is 5. The van der Waals surface area contributed by atoms with Crippen molar-refractivity contribution < 1.29 is 4.79 Å². The number of amides is 2. The lowest BCUT2D eigenvalue weighted by molar-refractivity contribution is 0.262. The van der Waals surface area contributed by atoms with Crippen LogP contribution < -0.4 is 16.4 Å². The van der Waals surface area contributed by atoms with Gasteiger partial charge in [-0.2, -0.15) is 0 Å². The van der Waals surface area contributed by atoms with Crippen molar-refractivity contribution in [1.29, 1.82) is 0 Å². The van der Waals surface area contributed by atoms with Crippen LogP contribution in [0.5, 0.6) is 0 Å². The van der Waals surface area contributed by atoms with E-state index in [1.165, 1.54) is 0 Å². The molecule has 4 nitrogen and oxygen atoms in total. The van der Waals surface area contributed by atoms with Gasteiger partial charge in [0.05, 0.1) is 0 Å². The summed E-state index contributed by atoms with van der Waals surface area (Å²) in [6, 6.07) is 15.0. The Labute approximate surface area is 158 Å². The van der Waals surface area contributed by atoms with E-state index in [0.29, 0.717) is 11.4 Å². The zero-order chi connectivity index (χ0) is 18.9. The summed E-state index contributed by atoms with van der Waals surface area (Å²) in [7, 11) is 0. The second-order valence-corrected chi connectivity index (χ2v) is 6.51. The lowest BCUT2D eigenvalue weighted by Crippen LogP contribution is -2.19. The zero-order valence-electron chi connectivity index (χ0n) is 15.0. The summed E-state index contributed by atoms with van der Waals surface area (Å²) in [5.41, 5.74) is 9.90. The van der Waals surface area contributed by atoms with Gasteiger partial charge in [-0.15, -0.1) is 11.8 Å². The van der Waals surface area contributed by atoms with Crippen molar-refractivity contribution in [3.05, 3.63) is 84.6 Å². The standard InChI is InChI=1S/C21H23N3OS/c1-4-6-17(13-15(2)22)16-9-11-18(12-10-16)23-21(25)24-19-7-5-8-20(14-19)26-3/h4-14H,1,22H2,2-3H3,(H2,23,24,25)/b15-13-,17-6+.